The number of hydrogen-bond donors (Lipinski definition) is 1. The quantitative estimate of drug-likeness (QED) is 0.351. The van der Waals surface area contributed by atoms with E-state index in [2.05, 4.69) is 10.3 Å². The second-order valence-electron chi connectivity index (χ2n) is 6.13. The van der Waals surface area contributed by atoms with Crippen molar-refractivity contribution in [1.82, 2.24) is 15.1 Å². The van der Waals surface area contributed by atoms with E-state index in [1.54, 1.807) is 26.2 Å². The van der Waals surface area contributed by atoms with Gasteiger partial charge in [-0.25, -0.2) is 4.99 Å². The van der Waals surface area contributed by atoms with Crippen molar-refractivity contribution in [2.24, 2.45) is 4.99 Å². The zero-order chi connectivity index (χ0) is 20.1. The lowest BCUT2D eigenvalue weighted by atomic mass is 10.3. The highest BCUT2D eigenvalue weighted by atomic mass is 35.5. The average molecular weight is 399 g/mol. The molecule has 0 fully saturated rings. The van der Waals surface area contributed by atoms with Crippen LogP contribution < -0.4 is 10.1 Å². The van der Waals surface area contributed by atoms with E-state index >= 15 is 0 Å². The predicted molar refractivity (Wildman–Crippen MR) is 110 cm³/mol. The molecule has 0 aliphatic carbocycles. The molecule has 8 heteroatoms. The summed E-state index contributed by atoms with van der Waals surface area (Å²) in [5, 5.41) is 3.96. The summed E-state index contributed by atoms with van der Waals surface area (Å²) >= 11 is 5.87. The number of carbonyl (C=O) groups excluding carboxylic acids is 1. The molecule has 0 heterocycles. The summed E-state index contributed by atoms with van der Waals surface area (Å²) < 4.78 is 11.1. The molecule has 1 aromatic carbocycles. The van der Waals surface area contributed by atoms with Crippen molar-refractivity contribution in [2.45, 2.75) is 13.3 Å². The number of likely N-dealkylation sites (N-methyl/N-ethyl adjacent to an activating group) is 2. The number of guanidine groups is 1. The van der Waals surface area contributed by atoms with Gasteiger partial charge in [0.25, 0.3) is 0 Å². The molecular weight excluding hydrogens is 368 g/mol. The lowest BCUT2D eigenvalue weighted by Gasteiger charge is -2.23. The molecule has 0 aliphatic heterocycles. The second kappa shape index (κ2) is 13.2. The first-order valence-corrected chi connectivity index (χ1v) is 9.47. The minimum atomic E-state index is -0.0468. The highest BCUT2D eigenvalue weighted by Gasteiger charge is 2.09. The molecule has 0 aliphatic rings. The van der Waals surface area contributed by atoms with Crippen molar-refractivity contribution in [3.63, 3.8) is 0 Å². The van der Waals surface area contributed by atoms with Gasteiger partial charge in [-0.05, 0) is 37.6 Å². The summed E-state index contributed by atoms with van der Waals surface area (Å²) in [6, 6.07) is 7.25. The van der Waals surface area contributed by atoms with Crippen LogP contribution in [-0.2, 0) is 9.53 Å². The Bertz CT molecular complexity index is 579. The number of aliphatic imine (C=N–C) groups is 1. The number of hydrogen-bond acceptors (Lipinski definition) is 4. The maximum absolute atomic E-state index is 11.8. The van der Waals surface area contributed by atoms with Crippen LogP contribution in [0.3, 0.4) is 0 Å². The first kappa shape index (κ1) is 23.0. The molecule has 0 aromatic heterocycles. The highest BCUT2D eigenvalue weighted by Crippen LogP contribution is 2.15. The predicted octanol–water partition coefficient (Wildman–Crippen LogP) is 2.11. The fraction of sp³-hybridized carbons (Fsp3) is 0.579. The van der Waals surface area contributed by atoms with Gasteiger partial charge in [0, 0.05) is 45.9 Å². The lowest BCUT2D eigenvalue weighted by molar-refractivity contribution is -0.127. The molecule has 7 nitrogen and oxygen atoms in total. The van der Waals surface area contributed by atoms with Crippen molar-refractivity contribution < 1.29 is 14.3 Å². The molecule has 0 spiro atoms. The van der Waals surface area contributed by atoms with Gasteiger partial charge in [-0.1, -0.05) is 11.6 Å². The van der Waals surface area contributed by atoms with Gasteiger partial charge < -0.3 is 24.6 Å². The van der Waals surface area contributed by atoms with Crippen LogP contribution in [0.2, 0.25) is 5.02 Å². The minimum absolute atomic E-state index is 0.0468. The van der Waals surface area contributed by atoms with Crippen molar-refractivity contribution in [2.75, 3.05) is 60.6 Å². The van der Waals surface area contributed by atoms with E-state index in [9.17, 15) is 4.79 Å². The molecule has 1 rings (SSSR count). The van der Waals surface area contributed by atoms with E-state index in [1.807, 2.05) is 31.0 Å². The summed E-state index contributed by atoms with van der Waals surface area (Å²) in [5.41, 5.74) is 0. The van der Waals surface area contributed by atoms with E-state index in [4.69, 9.17) is 21.1 Å². The van der Waals surface area contributed by atoms with Gasteiger partial charge in [0.15, 0.2) is 5.96 Å². The Kier molecular flexibility index (Phi) is 11.3. The molecule has 0 unspecified atom stereocenters. The Morgan fingerprint density at radius 2 is 1.89 bits per heavy atom. The van der Waals surface area contributed by atoms with Crippen LogP contribution in [0.4, 0.5) is 0 Å². The number of nitrogens with zero attached hydrogens (tertiary/aromatic N) is 3. The summed E-state index contributed by atoms with van der Waals surface area (Å²) in [5.74, 6) is 1.38. The molecule has 0 atom stereocenters. The Balaban J connectivity index is 2.53. The number of amides is 1. The van der Waals surface area contributed by atoms with E-state index in [-0.39, 0.29) is 12.5 Å². The summed E-state index contributed by atoms with van der Waals surface area (Å²) in [6.45, 7) is 5.30. The summed E-state index contributed by atoms with van der Waals surface area (Å²) in [7, 11) is 5.35. The van der Waals surface area contributed by atoms with Crippen LogP contribution in [0.25, 0.3) is 0 Å². The van der Waals surface area contributed by atoms with E-state index in [1.165, 1.54) is 4.90 Å². The third-order valence-electron chi connectivity index (χ3n) is 3.69. The van der Waals surface area contributed by atoms with E-state index in [0.717, 1.165) is 18.7 Å². The molecule has 0 bridgehead atoms. The van der Waals surface area contributed by atoms with Crippen LogP contribution in [0.15, 0.2) is 29.3 Å². The number of rotatable bonds is 11. The molecule has 0 saturated carbocycles. The zero-order valence-electron chi connectivity index (χ0n) is 16.7. The highest BCUT2D eigenvalue weighted by molar-refractivity contribution is 6.30. The van der Waals surface area contributed by atoms with Gasteiger partial charge in [0.05, 0.1) is 6.54 Å². The van der Waals surface area contributed by atoms with Crippen LogP contribution in [0, 0.1) is 0 Å². The first-order valence-electron chi connectivity index (χ1n) is 9.09. The van der Waals surface area contributed by atoms with E-state index < -0.39 is 0 Å². The van der Waals surface area contributed by atoms with Crippen molar-refractivity contribution >= 4 is 23.5 Å². The van der Waals surface area contributed by atoms with Crippen molar-refractivity contribution in [1.29, 1.82) is 0 Å². The monoisotopic (exact) mass is 398 g/mol. The number of halogens is 1. The van der Waals surface area contributed by atoms with Crippen LogP contribution >= 0.6 is 11.6 Å². The van der Waals surface area contributed by atoms with Crippen molar-refractivity contribution in [3.8, 4) is 5.75 Å². The molecular formula is C19H31ClN4O3. The number of benzene rings is 1. The maximum Gasteiger partial charge on any atom is 0.243 e. The fourth-order valence-electron chi connectivity index (χ4n) is 2.05. The van der Waals surface area contributed by atoms with Gasteiger partial charge in [0.2, 0.25) is 5.91 Å². The third kappa shape index (κ3) is 10.1. The normalized spacial score (nSPS) is 11.2. The van der Waals surface area contributed by atoms with Crippen LogP contribution in [0.5, 0.6) is 5.75 Å². The Morgan fingerprint density at radius 1 is 1.19 bits per heavy atom. The minimum Gasteiger partial charge on any atom is -0.492 e. The second-order valence-corrected chi connectivity index (χ2v) is 6.57. The van der Waals surface area contributed by atoms with Gasteiger partial charge in [0.1, 0.15) is 18.9 Å². The maximum atomic E-state index is 11.8. The zero-order valence-corrected chi connectivity index (χ0v) is 17.5. The Morgan fingerprint density at radius 3 is 2.52 bits per heavy atom. The molecule has 1 aromatic rings. The third-order valence-corrected chi connectivity index (χ3v) is 3.94. The largest absolute Gasteiger partial charge is 0.492 e. The van der Waals surface area contributed by atoms with Crippen LogP contribution in [-0.4, -0.2) is 82.3 Å². The topological polar surface area (TPSA) is 66.4 Å². The van der Waals surface area contributed by atoms with Crippen molar-refractivity contribution in [3.05, 3.63) is 29.3 Å². The van der Waals surface area contributed by atoms with Gasteiger partial charge >= 0.3 is 0 Å². The Labute approximate surface area is 167 Å². The molecule has 27 heavy (non-hydrogen) atoms. The smallest absolute Gasteiger partial charge is 0.243 e. The first-order chi connectivity index (χ1) is 12.9. The van der Waals surface area contributed by atoms with Gasteiger partial charge in [-0.15, -0.1) is 0 Å². The molecule has 152 valence electrons. The van der Waals surface area contributed by atoms with Gasteiger partial charge in [-0.2, -0.15) is 0 Å². The Hall–Kier alpha value is -1.99. The van der Waals surface area contributed by atoms with Gasteiger partial charge in [-0.3, -0.25) is 4.79 Å². The lowest BCUT2D eigenvalue weighted by Crippen LogP contribution is -2.42. The summed E-state index contributed by atoms with van der Waals surface area (Å²) in [4.78, 5) is 19.7. The number of nitrogens with one attached hydrogen (secondary N) is 1. The number of ether oxygens (including phenoxy) is 2. The standard InChI is InChI=1S/C19H31ClN4O3/c1-5-26-13-6-11-21-19(22-15-18(25)23(2)3)24(4)12-14-27-17-9-7-16(20)8-10-17/h7-10H,5-6,11-15H2,1-4H3,(H,21,22). The molecule has 0 saturated heterocycles. The fourth-order valence-corrected chi connectivity index (χ4v) is 2.18. The molecule has 1 N–H and O–H groups in total. The molecule has 1 amide bonds. The van der Waals surface area contributed by atoms with E-state index in [0.29, 0.717) is 37.3 Å². The molecule has 0 radical (unpaired) electrons. The van der Waals surface area contributed by atoms with Crippen LogP contribution in [0.1, 0.15) is 13.3 Å². The average Bonchev–Trinajstić information content (AvgIpc) is 2.65. The number of carbonyl (C=O) groups is 1. The SMILES string of the molecule is CCOCCCNC(=NCC(=O)N(C)C)N(C)CCOc1ccc(Cl)cc1. The summed E-state index contributed by atoms with van der Waals surface area (Å²) in [6.07, 6.45) is 0.865.